The van der Waals surface area contributed by atoms with Crippen LogP contribution in [-0.4, -0.2) is 25.2 Å². The number of hydrogen-bond acceptors (Lipinski definition) is 4. The molecule has 4 rings (SSSR count). The lowest BCUT2D eigenvalue weighted by Gasteiger charge is -2.28. The molecule has 0 bridgehead atoms. The number of benzene rings is 2. The maximum atomic E-state index is 11.6. The average molecular weight is 310 g/mol. The van der Waals surface area contributed by atoms with Gasteiger partial charge in [0.25, 0.3) is 0 Å². The Labute approximate surface area is 134 Å². The van der Waals surface area contributed by atoms with Crippen molar-refractivity contribution in [3.8, 4) is 11.5 Å². The molecule has 0 unspecified atom stereocenters. The second kappa shape index (κ2) is 5.93. The van der Waals surface area contributed by atoms with Crippen LogP contribution in [0.2, 0.25) is 0 Å². The first-order valence-electron chi connectivity index (χ1n) is 7.79. The van der Waals surface area contributed by atoms with Crippen molar-refractivity contribution in [3.05, 3.63) is 53.6 Å². The van der Waals surface area contributed by atoms with E-state index >= 15 is 0 Å². The van der Waals surface area contributed by atoms with Gasteiger partial charge in [-0.15, -0.1) is 0 Å². The third-order valence-electron chi connectivity index (χ3n) is 4.09. The SMILES string of the molecule is O=C1Cc2c(ccc3c2O[C@@H](CNCc2ccccc2)CO3)N1. The molecule has 0 saturated heterocycles. The van der Waals surface area contributed by atoms with Gasteiger partial charge in [0, 0.05) is 24.3 Å². The molecular weight excluding hydrogens is 292 g/mol. The Morgan fingerprint density at radius 1 is 1.17 bits per heavy atom. The van der Waals surface area contributed by atoms with E-state index in [-0.39, 0.29) is 12.0 Å². The fourth-order valence-corrected chi connectivity index (χ4v) is 2.95. The number of carbonyl (C=O) groups excluding carboxylic acids is 1. The van der Waals surface area contributed by atoms with Gasteiger partial charge in [-0.05, 0) is 17.7 Å². The molecule has 5 nitrogen and oxygen atoms in total. The summed E-state index contributed by atoms with van der Waals surface area (Å²) in [5, 5.41) is 6.23. The summed E-state index contributed by atoms with van der Waals surface area (Å²) in [6.45, 7) is 1.99. The van der Waals surface area contributed by atoms with E-state index in [0.717, 1.165) is 23.5 Å². The third kappa shape index (κ3) is 2.87. The number of fused-ring (bicyclic) bond motifs is 3. The summed E-state index contributed by atoms with van der Waals surface area (Å²) in [6, 6.07) is 14.0. The lowest BCUT2D eigenvalue weighted by molar-refractivity contribution is -0.115. The molecule has 5 heteroatoms. The van der Waals surface area contributed by atoms with Crippen LogP contribution in [-0.2, 0) is 17.8 Å². The quantitative estimate of drug-likeness (QED) is 0.908. The molecule has 1 atom stereocenters. The molecule has 2 aromatic rings. The van der Waals surface area contributed by atoms with Crippen LogP contribution in [0.5, 0.6) is 11.5 Å². The van der Waals surface area contributed by atoms with Crippen LogP contribution >= 0.6 is 0 Å². The van der Waals surface area contributed by atoms with Gasteiger partial charge in [0.2, 0.25) is 5.91 Å². The van der Waals surface area contributed by atoms with Crippen LogP contribution < -0.4 is 20.1 Å². The molecule has 0 radical (unpaired) electrons. The van der Waals surface area contributed by atoms with Crippen molar-refractivity contribution in [1.82, 2.24) is 5.32 Å². The van der Waals surface area contributed by atoms with E-state index in [9.17, 15) is 4.79 Å². The maximum Gasteiger partial charge on any atom is 0.229 e. The zero-order valence-corrected chi connectivity index (χ0v) is 12.7. The standard InChI is InChI=1S/C18H18N2O3/c21-17-8-14-15(20-17)6-7-16-18(14)23-13(11-22-16)10-19-9-12-4-2-1-3-5-12/h1-7,13,19H,8-11H2,(H,20,21)/t13-/m0/s1. The minimum absolute atomic E-state index is 0.00123. The predicted octanol–water partition coefficient (Wildman–Crippen LogP) is 2.11. The molecule has 2 aliphatic heterocycles. The number of amides is 1. The smallest absolute Gasteiger partial charge is 0.229 e. The van der Waals surface area contributed by atoms with Crippen molar-refractivity contribution < 1.29 is 14.3 Å². The number of anilines is 1. The molecule has 2 N–H and O–H groups in total. The first kappa shape index (κ1) is 14.1. The molecule has 0 aliphatic carbocycles. The highest BCUT2D eigenvalue weighted by Crippen LogP contribution is 2.41. The molecule has 0 aromatic heterocycles. The number of hydrogen-bond donors (Lipinski definition) is 2. The third-order valence-corrected chi connectivity index (χ3v) is 4.09. The lowest BCUT2D eigenvalue weighted by Crippen LogP contribution is -2.38. The van der Waals surface area contributed by atoms with Gasteiger partial charge in [0.15, 0.2) is 11.5 Å². The maximum absolute atomic E-state index is 11.6. The molecule has 2 aromatic carbocycles. The Bertz CT molecular complexity index is 731. The Hall–Kier alpha value is -2.53. The summed E-state index contributed by atoms with van der Waals surface area (Å²) in [4.78, 5) is 11.6. The van der Waals surface area contributed by atoms with E-state index < -0.39 is 0 Å². The Morgan fingerprint density at radius 2 is 2.04 bits per heavy atom. The van der Waals surface area contributed by atoms with Gasteiger partial charge in [-0.1, -0.05) is 30.3 Å². The second-order valence-corrected chi connectivity index (χ2v) is 5.81. The van der Waals surface area contributed by atoms with Crippen LogP contribution in [0.25, 0.3) is 0 Å². The van der Waals surface area contributed by atoms with E-state index in [1.54, 1.807) is 0 Å². The fraction of sp³-hybridized carbons (Fsp3) is 0.278. The Balaban J connectivity index is 1.41. The molecule has 0 saturated carbocycles. The van der Waals surface area contributed by atoms with E-state index in [2.05, 4.69) is 22.8 Å². The molecule has 0 spiro atoms. The zero-order chi connectivity index (χ0) is 15.6. The average Bonchev–Trinajstić information content (AvgIpc) is 2.97. The van der Waals surface area contributed by atoms with Crippen molar-refractivity contribution in [1.29, 1.82) is 0 Å². The number of ether oxygens (including phenoxy) is 2. The van der Waals surface area contributed by atoms with Gasteiger partial charge >= 0.3 is 0 Å². The van der Waals surface area contributed by atoms with Crippen LogP contribution in [0.15, 0.2) is 42.5 Å². The van der Waals surface area contributed by atoms with Gasteiger partial charge < -0.3 is 20.1 Å². The summed E-state index contributed by atoms with van der Waals surface area (Å²) in [7, 11) is 0. The van der Waals surface area contributed by atoms with E-state index in [0.29, 0.717) is 25.3 Å². The molecule has 23 heavy (non-hydrogen) atoms. The van der Waals surface area contributed by atoms with Crippen molar-refractivity contribution in [2.24, 2.45) is 0 Å². The normalized spacial score (nSPS) is 18.4. The molecule has 1 amide bonds. The minimum Gasteiger partial charge on any atom is -0.486 e. The highest BCUT2D eigenvalue weighted by atomic mass is 16.6. The largest absolute Gasteiger partial charge is 0.486 e. The summed E-state index contributed by atoms with van der Waals surface area (Å²) >= 11 is 0. The van der Waals surface area contributed by atoms with Crippen molar-refractivity contribution in [2.45, 2.75) is 19.1 Å². The van der Waals surface area contributed by atoms with Gasteiger partial charge in [0.05, 0.1) is 6.42 Å². The Kier molecular flexibility index (Phi) is 3.63. The second-order valence-electron chi connectivity index (χ2n) is 5.81. The number of carbonyl (C=O) groups is 1. The van der Waals surface area contributed by atoms with Crippen LogP contribution in [0.1, 0.15) is 11.1 Å². The molecule has 0 fully saturated rings. The van der Waals surface area contributed by atoms with Gasteiger partial charge in [-0.3, -0.25) is 4.79 Å². The highest BCUT2D eigenvalue weighted by Gasteiger charge is 2.29. The zero-order valence-electron chi connectivity index (χ0n) is 12.7. The molecule has 118 valence electrons. The Morgan fingerprint density at radius 3 is 2.91 bits per heavy atom. The van der Waals surface area contributed by atoms with Crippen molar-refractivity contribution in [3.63, 3.8) is 0 Å². The van der Waals surface area contributed by atoms with E-state index in [1.165, 1.54) is 5.56 Å². The van der Waals surface area contributed by atoms with Crippen molar-refractivity contribution in [2.75, 3.05) is 18.5 Å². The number of rotatable bonds is 4. The summed E-state index contributed by atoms with van der Waals surface area (Å²) in [5.74, 6) is 1.43. The highest BCUT2D eigenvalue weighted by molar-refractivity contribution is 6.00. The first-order valence-corrected chi connectivity index (χ1v) is 7.79. The summed E-state index contributed by atoms with van der Waals surface area (Å²) < 4.78 is 11.9. The minimum atomic E-state index is -0.0617. The van der Waals surface area contributed by atoms with Gasteiger partial charge in [-0.25, -0.2) is 0 Å². The van der Waals surface area contributed by atoms with Crippen LogP contribution in [0.4, 0.5) is 5.69 Å². The van der Waals surface area contributed by atoms with Crippen LogP contribution in [0.3, 0.4) is 0 Å². The first-order chi connectivity index (χ1) is 11.3. The predicted molar refractivity (Wildman–Crippen MR) is 86.8 cm³/mol. The molecular formula is C18H18N2O3. The molecule has 2 heterocycles. The monoisotopic (exact) mass is 310 g/mol. The lowest BCUT2D eigenvalue weighted by atomic mass is 10.1. The van der Waals surface area contributed by atoms with Crippen LogP contribution in [0, 0.1) is 0 Å². The topological polar surface area (TPSA) is 59.6 Å². The van der Waals surface area contributed by atoms with E-state index in [1.807, 2.05) is 30.3 Å². The summed E-state index contributed by atoms with van der Waals surface area (Å²) in [5.41, 5.74) is 2.97. The fourth-order valence-electron chi connectivity index (χ4n) is 2.95. The van der Waals surface area contributed by atoms with E-state index in [4.69, 9.17) is 9.47 Å². The van der Waals surface area contributed by atoms with Gasteiger partial charge in [0.1, 0.15) is 12.7 Å². The van der Waals surface area contributed by atoms with Crippen molar-refractivity contribution >= 4 is 11.6 Å². The van der Waals surface area contributed by atoms with Gasteiger partial charge in [-0.2, -0.15) is 0 Å². The molecule has 2 aliphatic rings. The number of nitrogens with one attached hydrogen (secondary N) is 2. The summed E-state index contributed by atoms with van der Waals surface area (Å²) in [6.07, 6.45) is 0.292.